The molecule has 0 radical (unpaired) electrons. The molecule has 2 fully saturated rings. The minimum atomic E-state index is 0. The molecule has 0 aromatic carbocycles. The molecular formula is C23H41IN4O2S. The number of hydrogen-bond acceptors (Lipinski definition) is 5. The summed E-state index contributed by atoms with van der Waals surface area (Å²) in [6, 6.07) is 4.83. The predicted molar refractivity (Wildman–Crippen MR) is 141 cm³/mol. The largest absolute Gasteiger partial charge is 0.379 e. The van der Waals surface area contributed by atoms with E-state index in [9.17, 15) is 0 Å². The molecule has 2 N–H and O–H groups in total. The monoisotopic (exact) mass is 564 g/mol. The average molecular weight is 565 g/mol. The van der Waals surface area contributed by atoms with Crippen LogP contribution in [-0.4, -0.2) is 70.0 Å². The van der Waals surface area contributed by atoms with Gasteiger partial charge < -0.3 is 20.1 Å². The van der Waals surface area contributed by atoms with Crippen LogP contribution in [0.15, 0.2) is 17.1 Å². The van der Waals surface area contributed by atoms with E-state index in [0.717, 1.165) is 58.4 Å². The smallest absolute Gasteiger partial charge is 0.191 e. The van der Waals surface area contributed by atoms with Crippen LogP contribution in [-0.2, 0) is 9.47 Å². The first kappa shape index (κ1) is 26.8. The van der Waals surface area contributed by atoms with Gasteiger partial charge in [-0.15, -0.1) is 35.3 Å². The van der Waals surface area contributed by atoms with Crippen molar-refractivity contribution >= 4 is 41.3 Å². The Morgan fingerprint density at radius 1 is 1.23 bits per heavy atom. The number of guanidine groups is 1. The topological polar surface area (TPSA) is 58.1 Å². The van der Waals surface area contributed by atoms with Gasteiger partial charge in [0.25, 0.3) is 0 Å². The number of hydrogen-bond donors (Lipinski definition) is 2. The number of rotatable bonds is 6. The van der Waals surface area contributed by atoms with Crippen LogP contribution in [0.2, 0.25) is 0 Å². The van der Waals surface area contributed by atoms with Crippen molar-refractivity contribution in [1.82, 2.24) is 15.5 Å². The van der Waals surface area contributed by atoms with E-state index in [1.54, 1.807) is 0 Å². The van der Waals surface area contributed by atoms with E-state index in [1.165, 1.54) is 16.2 Å². The maximum absolute atomic E-state index is 6.14. The van der Waals surface area contributed by atoms with E-state index in [-0.39, 0.29) is 35.5 Å². The van der Waals surface area contributed by atoms with Crippen molar-refractivity contribution in [2.75, 3.05) is 53.0 Å². The van der Waals surface area contributed by atoms with E-state index < -0.39 is 0 Å². The third-order valence-electron chi connectivity index (χ3n) is 6.09. The van der Waals surface area contributed by atoms with Gasteiger partial charge in [-0.1, -0.05) is 20.8 Å². The molecule has 0 aliphatic carbocycles. The lowest BCUT2D eigenvalue weighted by Gasteiger charge is -2.40. The molecule has 6 nitrogen and oxygen atoms in total. The molecule has 3 unspecified atom stereocenters. The molecule has 2 saturated heterocycles. The van der Waals surface area contributed by atoms with E-state index in [1.807, 2.05) is 18.4 Å². The van der Waals surface area contributed by atoms with Crippen molar-refractivity contribution in [2.45, 2.75) is 52.7 Å². The van der Waals surface area contributed by atoms with Crippen LogP contribution in [0.1, 0.15) is 49.4 Å². The van der Waals surface area contributed by atoms with Crippen molar-refractivity contribution < 1.29 is 9.47 Å². The second-order valence-corrected chi connectivity index (χ2v) is 10.8. The van der Waals surface area contributed by atoms with E-state index in [0.29, 0.717) is 12.0 Å². The molecule has 2 aliphatic rings. The highest BCUT2D eigenvalue weighted by molar-refractivity contribution is 14.0. The summed E-state index contributed by atoms with van der Waals surface area (Å²) >= 11 is 1.89. The summed E-state index contributed by atoms with van der Waals surface area (Å²) in [5.41, 5.74) is 0.155. The van der Waals surface area contributed by atoms with E-state index in [4.69, 9.17) is 9.47 Å². The van der Waals surface area contributed by atoms with Gasteiger partial charge in [0.05, 0.1) is 25.4 Å². The van der Waals surface area contributed by atoms with Gasteiger partial charge in [-0.05, 0) is 37.3 Å². The fourth-order valence-corrected chi connectivity index (χ4v) is 5.59. The first-order valence-electron chi connectivity index (χ1n) is 11.3. The number of nitrogens with zero attached hydrogens (tertiary/aromatic N) is 2. The average Bonchev–Trinajstić information content (AvgIpc) is 3.16. The minimum Gasteiger partial charge on any atom is -0.379 e. The van der Waals surface area contributed by atoms with Crippen LogP contribution in [0.25, 0.3) is 0 Å². The number of halogens is 1. The Morgan fingerprint density at radius 3 is 2.58 bits per heavy atom. The van der Waals surface area contributed by atoms with Crippen molar-refractivity contribution in [2.24, 2.45) is 16.3 Å². The van der Waals surface area contributed by atoms with Gasteiger partial charge in [0.15, 0.2) is 5.96 Å². The summed E-state index contributed by atoms with van der Waals surface area (Å²) in [6.45, 7) is 15.2. The lowest BCUT2D eigenvalue weighted by molar-refractivity contribution is -0.0835. The van der Waals surface area contributed by atoms with Gasteiger partial charge in [-0.2, -0.15) is 0 Å². The van der Waals surface area contributed by atoms with Crippen molar-refractivity contribution in [3.8, 4) is 0 Å². The molecule has 3 rings (SSSR count). The molecule has 178 valence electrons. The highest BCUT2D eigenvalue weighted by Gasteiger charge is 2.35. The number of ether oxygens (including phenoxy) is 2. The SMILES string of the molecule is CN=C(NCC1CCCOC1C(C)(C)C)NCC(c1ccc(C)s1)N1CCOCC1.I. The van der Waals surface area contributed by atoms with Crippen molar-refractivity contribution in [3.05, 3.63) is 21.9 Å². The zero-order valence-corrected chi connectivity index (χ0v) is 22.9. The van der Waals surface area contributed by atoms with Gasteiger partial charge in [-0.3, -0.25) is 9.89 Å². The first-order chi connectivity index (χ1) is 14.4. The summed E-state index contributed by atoms with van der Waals surface area (Å²) in [5.74, 6) is 1.38. The highest BCUT2D eigenvalue weighted by Crippen LogP contribution is 2.33. The molecule has 31 heavy (non-hydrogen) atoms. The first-order valence-corrected chi connectivity index (χ1v) is 12.1. The zero-order chi connectivity index (χ0) is 21.6. The number of thiophene rings is 1. The number of nitrogens with one attached hydrogen (secondary N) is 2. The molecule has 8 heteroatoms. The van der Waals surface area contributed by atoms with E-state index in [2.05, 4.69) is 60.4 Å². The molecule has 3 atom stereocenters. The lowest BCUT2D eigenvalue weighted by Crippen LogP contribution is -2.49. The lowest BCUT2D eigenvalue weighted by atomic mass is 9.78. The van der Waals surface area contributed by atoms with E-state index >= 15 is 0 Å². The zero-order valence-electron chi connectivity index (χ0n) is 19.8. The quantitative estimate of drug-likeness (QED) is 0.310. The van der Waals surface area contributed by atoms with Crippen molar-refractivity contribution in [3.63, 3.8) is 0 Å². The highest BCUT2D eigenvalue weighted by atomic mass is 127. The molecule has 0 spiro atoms. The third kappa shape index (κ3) is 7.84. The Hall–Kier alpha value is -0.420. The van der Waals surface area contributed by atoms with Gasteiger partial charge in [0.2, 0.25) is 0 Å². The number of aliphatic imine (C=N–C) groups is 1. The van der Waals surface area contributed by atoms with Crippen molar-refractivity contribution in [1.29, 1.82) is 0 Å². The maximum atomic E-state index is 6.14. The van der Waals surface area contributed by atoms with Gasteiger partial charge in [0.1, 0.15) is 0 Å². The maximum Gasteiger partial charge on any atom is 0.191 e. The minimum absolute atomic E-state index is 0. The Morgan fingerprint density at radius 2 is 1.97 bits per heavy atom. The normalized spacial score (nSPS) is 24.4. The fourth-order valence-electron chi connectivity index (χ4n) is 4.58. The summed E-state index contributed by atoms with van der Waals surface area (Å²) in [5, 5.41) is 7.17. The molecule has 2 aliphatic heterocycles. The second kappa shape index (κ2) is 12.7. The summed E-state index contributed by atoms with van der Waals surface area (Å²) in [6.07, 6.45) is 2.63. The van der Waals surface area contributed by atoms with Gasteiger partial charge in [0, 0.05) is 55.5 Å². The summed E-state index contributed by atoms with van der Waals surface area (Å²) in [4.78, 5) is 9.78. The molecule has 0 bridgehead atoms. The Kier molecular flexibility index (Phi) is 11.0. The summed E-state index contributed by atoms with van der Waals surface area (Å²) in [7, 11) is 1.85. The molecule has 1 aromatic rings. The molecule has 3 heterocycles. The Balaban J connectivity index is 0.00000341. The number of aryl methyl sites for hydroxylation is 1. The Labute approximate surface area is 209 Å². The summed E-state index contributed by atoms with van der Waals surface area (Å²) < 4.78 is 11.7. The van der Waals surface area contributed by atoms with Gasteiger partial charge >= 0.3 is 0 Å². The van der Waals surface area contributed by atoms with Crippen LogP contribution in [0.4, 0.5) is 0 Å². The molecule has 1 aromatic heterocycles. The second-order valence-electron chi connectivity index (χ2n) is 9.51. The van der Waals surface area contributed by atoms with Gasteiger partial charge in [-0.25, -0.2) is 0 Å². The van der Waals surface area contributed by atoms with Crippen LogP contribution in [0.5, 0.6) is 0 Å². The molecular weight excluding hydrogens is 523 g/mol. The molecule has 0 saturated carbocycles. The van der Waals surface area contributed by atoms with Crippen LogP contribution >= 0.6 is 35.3 Å². The fraction of sp³-hybridized carbons (Fsp3) is 0.783. The number of morpholine rings is 1. The van der Waals surface area contributed by atoms with Crippen LogP contribution < -0.4 is 10.6 Å². The standard InChI is InChI=1S/C23H40N4O2S.HI/c1-17-8-9-20(30-17)19(27-10-13-28-14-11-27)16-26-22(24-5)25-15-18-7-6-12-29-21(18)23(2,3)4;/h8-9,18-19,21H,6-7,10-16H2,1-5H3,(H2,24,25,26);1H. The molecule has 0 amide bonds. The van der Waals surface area contributed by atoms with Crippen LogP contribution in [0.3, 0.4) is 0 Å². The predicted octanol–water partition coefficient (Wildman–Crippen LogP) is 4.05. The van der Waals surface area contributed by atoms with Crippen LogP contribution in [0, 0.1) is 18.3 Å². The third-order valence-corrected chi connectivity index (χ3v) is 7.19. The Bertz CT molecular complexity index is 685.